The number of carbonyl (C=O) groups excluding carboxylic acids is 2. The molecule has 6 heteroatoms. The first-order chi connectivity index (χ1) is 8.54. The first kappa shape index (κ1) is 14.2. The largest absolute Gasteiger partial charge is 0.347 e. The molecule has 2 N–H and O–H groups in total. The number of aryl methyl sites for hydroxylation is 1. The van der Waals surface area contributed by atoms with Crippen molar-refractivity contribution < 1.29 is 9.59 Å². The standard InChI is InChI=1S/C12H20N4O2/c1-4-5-10(12-13-6-7-16(12)3)15-11(18)8-14-9(2)17/h6-7,10H,4-5,8H2,1-3H3,(H,14,17)(H,15,18). The summed E-state index contributed by atoms with van der Waals surface area (Å²) < 4.78 is 1.89. The van der Waals surface area contributed by atoms with Crippen molar-refractivity contribution in [2.24, 2.45) is 7.05 Å². The molecule has 2 amide bonds. The Hall–Kier alpha value is -1.85. The van der Waals surface area contributed by atoms with Gasteiger partial charge < -0.3 is 15.2 Å². The zero-order valence-corrected chi connectivity index (χ0v) is 11.1. The highest BCUT2D eigenvalue weighted by Gasteiger charge is 2.17. The van der Waals surface area contributed by atoms with Crippen LogP contribution in [-0.4, -0.2) is 27.9 Å². The monoisotopic (exact) mass is 252 g/mol. The number of amides is 2. The van der Waals surface area contributed by atoms with Crippen LogP contribution in [0.1, 0.15) is 38.6 Å². The van der Waals surface area contributed by atoms with Gasteiger partial charge in [0, 0.05) is 26.4 Å². The molecule has 0 saturated carbocycles. The van der Waals surface area contributed by atoms with Crippen LogP contribution in [0.3, 0.4) is 0 Å². The summed E-state index contributed by atoms with van der Waals surface area (Å²) in [6.45, 7) is 3.44. The number of carbonyl (C=O) groups is 2. The smallest absolute Gasteiger partial charge is 0.239 e. The Morgan fingerprint density at radius 3 is 2.72 bits per heavy atom. The Morgan fingerprint density at radius 2 is 2.22 bits per heavy atom. The Kier molecular flexibility index (Phi) is 5.35. The van der Waals surface area contributed by atoms with Gasteiger partial charge in [-0.1, -0.05) is 13.3 Å². The van der Waals surface area contributed by atoms with E-state index in [1.807, 2.05) is 17.8 Å². The van der Waals surface area contributed by atoms with Crippen molar-refractivity contribution >= 4 is 11.8 Å². The fourth-order valence-electron chi connectivity index (χ4n) is 1.72. The average Bonchev–Trinajstić information content (AvgIpc) is 2.72. The molecule has 0 aliphatic rings. The van der Waals surface area contributed by atoms with Crippen molar-refractivity contribution in [2.45, 2.75) is 32.7 Å². The molecule has 1 aromatic heterocycles. The highest BCUT2D eigenvalue weighted by atomic mass is 16.2. The topological polar surface area (TPSA) is 76.0 Å². The zero-order chi connectivity index (χ0) is 13.5. The predicted molar refractivity (Wildman–Crippen MR) is 67.7 cm³/mol. The van der Waals surface area contributed by atoms with E-state index in [4.69, 9.17) is 0 Å². The molecule has 1 unspecified atom stereocenters. The van der Waals surface area contributed by atoms with Gasteiger partial charge in [-0.3, -0.25) is 9.59 Å². The maximum atomic E-state index is 11.7. The zero-order valence-electron chi connectivity index (χ0n) is 11.1. The van der Waals surface area contributed by atoms with Gasteiger partial charge in [0.25, 0.3) is 0 Å². The molecule has 0 aliphatic heterocycles. The van der Waals surface area contributed by atoms with Crippen LogP contribution >= 0.6 is 0 Å². The minimum absolute atomic E-state index is 0.0000293. The Bertz CT molecular complexity index is 414. The number of rotatable bonds is 6. The molecule has 0 spiro atoms. The Labute approximate surface area is 107 Å². The summed E-state index contributed by atoms with van der Waals surface area (Å²) in [5.74, 6) is 0.411. The van der Waals surface area contributed by atoms with Gasteiger partial charge >= 0.3 is 0 Å². The normalized spacial score (nSPS) is 11.9. The van der Waals surface area contributed by atoms with E-state index >= 15 is 0 Å². The fourth-order valence-corrected chi connectivity index (χ4v) is 1.72. The molecule has 18 heavy (non-hydrogen) atoms. The molecule has 6 nitrogen and oxygen atoms in total. The number of hydrogen-bond acceptors (Lipinski definition) is 3. The van der Waals surface area contributed by atoms with Gasteiger partial charge in [-0.05, 0) is 6.42 Å². The lowest BCUT2D eigenvalue weighted by Gasteiger charge is -2.18. The second-order valence-corrected chi connectivity index (χ2v) is 4.21. The highest BCUT2D eigenvalue weighted by Crippen LogP contribution is 2.15. The van der Waals surface area contributed by atoms with Crippen LogP contribution in [0.5, 0.6) is 0 Å². The summed E-state index contributed by atoms with van der Waals surface area (Å²) in [5.41, 5.74) is 0. The van der Waals surface area contributed by atoms with Crippen molar-refractivity contribution in [3.8, 4) is 0 Å². The SMILES string of the molecule is CCCC(NC(=O)CNC(C)=O)c1nccn1C. The van der Waals surface area contributed by atoms with Crippen LogP contribution in [0.4, 0.5) is 0 Å². The second kappa shape index (κ2) is 6.78. The lowest BCUT2D eigenvalue weighted by Crippen LogP contribution is -2.38. The second-order valence-electron chi connectivity index (χ2n) is 4.21. The van der Waals surface area contributed by atoms with E-state index in [0.29, 0.717) is 0 Å². The lowest BCUT2D eigenvalue weighted by molar-refractivity contribution is -0.125. The molecule has 0 aliphatic carbocycles. The van der Waals surface area contributed by atoms with Crippen LogP contribution in [-0.2, 0) is 16.6 Å². The van der Waals surface area contributed by atoms with Crippen LogP contribution in [0.25, 0.3) is 0 Å². The summed E-state index contributed by atoms with van der Waals surface area (Å²) in [4.78, 5) is 26.7. The van der Waals surface area contributed by atoms with Gasteiger partial charge in [-0.2, -0.15) is 0 Å². The number of nitrogens with one attached hydrogen (secondary N) is 2. The van der Waals surface area contributed by atoms with Crippen molar-refractivity contribution in [2.75, 3.05) is 6.54 Å². The van der Waals surface area contributed by atoms with Gasteiger partial charge in [0.15, 0.2) is 0 Å². The molecular formula is C12H20N4O2. The molecule has 1 rings (SSSR count). The van der Waals surface area contributed by atoms with Crippen LogP contribution < -0.4 is 10.6 Å². The van der Waals surface area contributed by atoms with E-state index in [1.165, 1.54) is 6.92 Å². The van der Waals surface area contributed by atoms with Gasteiger partial charge in [0.1, 0.15) is 5.82 Å². The van der Waals surface area contributed by atoms with E-state index in [0.717, 1.165) is 18.7 Å². The first-order valence-electron chi connectivity index (χ1n) is 6.05. The van der Waals surface area contributed by atoms with Crippen molar-refractivity contribution in [1.29, 1.82) is 0 Å². The molecule has 0 fully saturated rings. The molecule has 0 aromatic carbocycles. The summed E-state index contributed by atoms with van der Waals surface area (Å²) in [5, 5.41) is 5.35. The maximum absolute atomic E-state index is 11.7. The van der Waals surface area contributed by atoms with E-state index in [1.54, 1.807) is 6.20 Å². The van der Waals surface area contributed by atoms with E-state index < -0.39 is 0 Å². The number of nitrogens with zero attached hydrogens (tertiary/aromatic N) is 2. The quantitative estimate of drug-likeness (QED) is 0.774. The lowest BCUT2D eigenvalue weighted by atomic mass is 10.1. The van der Waals surface area contributed by atoms with Crippen LogP contribution in [0.2, 0.25) is 0 Å². The number of aromatic nitrogens is 2. The summed E-state index contributed by atoms with van der Waals surface area (Å²) in [7, 11) is 1.89. The van der Waals surface area contributed by atoms with Crippen molar-refractivity contribution in [1.82, 2.24) is 20.2 Å². The van der Waals surface area contributed by atoms with E-state index in [9.17, 15) is 9.59 Å². The Balaban J connectivity index is 2.61. The van der Waals surface area contributed by atoms with Gasteiger partial charge in [-0.15, -0.1) is 0 Å². The maximum Gasteiger partial charge on any atom is 0.239 e. The third-order valence-corrected chi connectivity index (χ3v) is 2.58. The molecule has 100 valence electrons. The van der Waals surface area contributed by atoms with Gasteiger partial charge in [0.05, 0.1) is 12.6 Å². The summed E-state index contributed by atoms with van der Waals surface area (Å²) in [6.07, 6.45) is 5.31. The fraction of sp³-hybridized carbons (Fsp3) is 0.583. The van der Waals surface area contributed by atoms with Crippen molar-refractivity contribution in [3.05, 3.63) is 18.2 Å². The average molecular weight is 252 g/mol. The minimum atomic E-state index is -0.214. The van der Waals surface area contributed by atoms with Crippen molar-refractivity contribution in [3.63, 3.8) is 0 Å². The summed E-state index contributed by atoms with van der Waals surface area (Å²) >= 11 is 0. The van der Waals surface area contributed by atoms with E-state index in [2.05, 4.69) is 22.5 Å². The van der Waals surface area contributed by atoms with E-state index in [-0.39, 0.29) is 24.4 Å². The molecular weight excluding hydrogens is 232 g/mol. The third kappa shape index (κ3) is 4.20. The number of hydrogen-bond donors (Lipinski definition) is 2. The molecule has 0 radical (unpaired) electrons. The molecule has 0 bridgehead atoms. The third-order valence-electron chi connectivity index (χ3n) is 2.58. The molecule has 1 heterocycles. The molecule has 0 saturated heterocycles. The predicted octanol–water partition coefficient (Wildman–Crippen LogP) is 0.514. The van der Waals surface area contributed by atoms with Crippen LogP contribution in [0, 0.1) is 0 Å². The molecule has 1 atom stereocenters. The number of imidazole rings is 1. The molecule has 1 aromatic rings. The van der Waals surface area contributed by atoms with Crippen LogP contribution in [0.15, 0.2) is 12.4 Å². The minimum Gasteiger partial charge on any atom is -0.347 e. The summed E-state index contributed by atoms with van der Waals surface area (Å²) in [6, 6.07) is -0.115. The van der Waals surface area contributed by atoms with Gasteiger partial charge in [-0.25, -0.2) is 4.98 Å². The highest BCUT2D eigenvalue weighted by molar-refractivity contribution is 5.83. The first-order valence-corrected chi connectivity index (χ1v) is 6.05. The van der Waals surface area contributed by atoms with Gasteiger partial charge in [0.2, 0.25) is 11.8 Å². The Morgan fingerprint density at radius 1 is 1.50 bits per heavy atom.